The second-order valence-corrected chi connectivity index (χ2v) is 9.61. The molecule has 0 bridgehead atoms. The minimum absolute atomic E-state index is 0.00797. The Morgan fingerprint density at radius 1 is 1.15 bits per heavy atom. The average molecular weight is 472 g/mol. The van der Waals surface area contributed by atoms with E-state index in [9.17, 15) is 13.6 Å². The molecule has 0 unspecified atom stereocenters. The number of carbonyl (C=O) groups is 1. The molecule has 1 amide bonds. The standard InChI is InChI=1S/C25H31F2N5O2/c1-14(2)17-8-18(10-19(9-17)34-15(3)4)24(33)31-7-6-16(5)20(12-31)22-11-21(23(26)27)30-25-28-13-29-32(22)25/h8-11,13-16,20,23H,6-7,12H2,1-5H3/t16-,20-/m1/s1. The molecule has 3 aromatic rings. The van der Waals surface area contributed by atoms with Crippen molar-refractivity contribution in [1.82, 2.24) is 24.5 Å². The Morgan fingerprint density at radius 2 is 1.91 bits per heavy atom. The van der Waals surface area contributed by atoms with Gasteiger partial charge in [-0.25, -0.2) is 18.3 Å². The zero-order valence-electron chi connectivity index (χ0n) is 20.2. The number of amides is 1. The van der Waals surface area contributed by atoms with Crippen LogP contribution in [0.1, 0.15) is 86.6 Å². The number of halogens is 2. The summed E-state index contributed by atoms with van der Waals surface area (Å²) in [4.78, 5) is 23.3. The van der Waals surface area contributed by atoms with E-state index in [1.165, 1.54) is 16.9 Å². The number of nitrogens with zero attached hydrogens (tertiary/aromatic N) is 5. The minimum Gasteiger partial charge on any atom is -0.491 e. The van der Waals surface area contributed by atoms with Gasteiger partial charge in [0, 0.05) is 24.6 Å². The van der Waals surface area contributed by atoms with Gasteiger partial charge in [-0.2, -0.15) is 10.1 Å². The summed E-state index contributed by atoms with van der Waals surface area (Å²) < 4.78 is 34.4. The zero-order valence-corrected chi connectivity index (χ0v) is 20.2. The minimum atomic E-state index is -2.71. The molecule has 182 valence electrons. The highest BCUT2D eigenvalue weighted by molar-refractivity contribution is 5.95. The van der Waals surface area contributed by atoms with Crippen LogP contribution in [0.4, 0.5) is 8.78 Å². The van der Waals surface area contributed by atoms with Crippen molar-refractivity contribution in [2.45, 2.75) is 65.4 Å². The van der Waals surface area contributed by atoms with E-state index in [-0.39, 0.29) is 41.2 Å². The topological polar surface area (TPSA) is 72.6 Å². The van der Waals surface area contributed by atoms with Crippen molar-refractivity contribution in [3.63, 3.8) is 0 Å². The Hall–Kier alpha value is -3.10. The predicted molar refractivity (Wildman–Crippen MR) is 124 cm³/mol. The molecule has 0 spiro atoms. The Balaban J connectivity index is 1.67. The van der Waals surface area contributed by atoms with Crippen molar-refractivity contribution < 1.29 is 18.3 Å². The molecule has 0 saturated carbocycles. The molecule has 0 radical (unpaired) electrons. The van der Waals surface area contributed by atoms with Gasteiger partial charge in [0.05, 0.1) is 11.8 Å². The zero-order chi connectivity index (χ0) is 24.6. The van der Waals surface area contributed by atoms with Gasteiger partial charge in [-0.3, -0.25) is 4.79 Å². The van der Waals surface area contributed by atoms with E-state index in [0.29, 0.717) is 30.1 Å². The molecule has 9 heteroatoms. The number of aromatic nitrogens is 4. The van der Waals surface area contributed by atoms with Gasteiger partial charge in [-0.1, -0.05) is 20.8 Å². The number of benzene rings is 1. The molecule has 0 N–H and O–H groups in total. The van der Waals surface area contributed by atoms with E-state index >= 15 is 0 Å². The molecule has 1 aliphatic heterocycles. The first-order chi connectivity index (χ1) is 16.1. The van der Waals surface area contributed by atoms with Gasteiger partial charge in [0.15, 0.2) is 0 Å². The van der Waals surface area contributed by atoms with Crippen LogP contribution < -0.4 is 4.74 Å². The van der Waals surface area contributed by atoms with Crippen molar-refractivity contribution >= 4 is 11.7 Å². The quantitative estimate of drug-likeness (QED) is 0.492. The summed E-state index contributed by atoms with van der Waals surface area (Å²) in [6.45, 7) is 11.1. The third-order valence-electron chi connectivity index (χ3n) is 6.36. The molecule has 3 heterocycles. The monoisotopic (exact) mass is 471 g/mol. The van der Waals surface area contributed by atoms with Gasteiger partial charge < -0.3 is 9.64 Å². The highest BCUT2D eigenvalue weighted by atomic mass is 19.3. The molecule has 0 aliphatic carbocycles. The van der Waals surface area contributed by atoms with Crippen molar-refractivity contribution in [3.05, 3.63) is 53.1 Å². The highest BCUT2D eigenvalue weighted by Gasteiger charge is 2.33. The van der Waals surface area contributed by atoms with E-state index in [0.717, 1.165) is 12.0 Å². The number of hydrogen-bond donors (Lipinski definition) is 0. The molecular weight excluding hydrogens is 440 g/mol. The lowest BCUT2D eigenvalue weighted by Gasteiger charge is -2.37. The molecule has 1 aromatic carbocycles. The third-order valence-corrected chi connectivity index (χ3v) is 6.36. The molecule has 1 aliphatic rings. The SMILES string of the molecule is CC(C)Oc1cc(C(=O)N2CC[C@@H](C)[C@H](c3cc(C(F)F)nc4ncnn34)C2)cc(C(C)C)c1. The van der Waals surface area contributed by atoms with E-state index in [1.54, 1.807) is 11.0 Å². The maximum Gasteiger partial charge on any atom is 0.280 e. The van der Waals surface area contributed by atoms with Crippen molar-refractivity contribution in [2.75, 3.05) is 13.1 Å². The summed E-state index contributed by atoms with van der Waals surface area (Å²) in [5, 5.41) is 4.21. The number of rotatable bonds is 6. The van der Waals surface area contributed by atoms with Gasteiger partial charge in [0.2, 0.25) is 0 Å². The van der Waals surface area contributed by atoms with Crippen LogP contribution >= 0.6 is 0 Å². The molecule has 1 fully saturated rings. The largest absolute Gasteiger partial charge is 0.491 e. The average Bonchev–Trinajstić information content (AvgIpc) is 3.26. The number of fused-ring (bicyclic) bond motifs is 1. The molecular formula is C25H31F2N5O2. The van der Waals surface area contributed by atoms with Crippen LogP contribution in [-0.4, -0.2) is 49.6 Å². The lowest BCUT2D eigenvalue weighted by atomic mass is 9.84. The fourth-order valence-corrected chi connectivity index (χ4v) is 4.47. The van der Waals surface area contributed by atoms with Crippen LogP contribution in [-0.2, 0) is 0 Å². The van der Waals surface area contributed by atoms with Crippen LogP contribution in [0.2, 0.25) is 0 Å². The summed E-state index contributed by atoms with van der Waals surface area (Å²) >= 11 is 0. The van der Waals surface area contributed by atoms with Crippen molar-refractivity contribution in [2.24, 2.45) is 5.92 Å². The smallest absolute Gasteiger partial charge is 0.280 e. The number of carbonyl (C=O) groups excluding carboxylic acids is 1. The maximum atomic E-state index is 13.6. The number of ether oxygens (including phenoxy) is 1. The predicted octanol–water partition coefficient (Wildman–Crippen LogP) is 5.24. The van der Waals surface area contributed by atoms with E-state index < -0.39 is 6.43 Å². The fraction of sp³-hybridized carbons (Fsp3) is 0.520. The van der Waals surface area contributed by atoms with Gasteiger partial charge in [0.1, 0.15) is 17.8 Å². The van der Waals surface area contributed by atoms with E-state index in [4.69, 9.17) is 4.74 Å². The van der Waals surface area contributed by atoms with Gasteiger partial charge in [-0.05, 0) is 61.9 Å². The molecule has 7 nitrogen and oxygen atoms in total. The first-order valence-corrected chi connectivity index (χ1v) is 11.7. The Kier molecular flexibility index (Phi) is 6.81. The lowest BCUT2D eigenvalue weighted by Crippen LogP contribution is -2.42. The van der Waals surface area contributed by atoms with E-state index in [2.05, 4.69) is 35.8 Å². The number of piperidine rings is 1. The number of hydrogen-bond acceptors (Lipinski definition) is 5. The second-order valence-electron chi connectivity index (χ2n) is 9.61. The first-order valence-electron chi connectivity index (χ1n) is 11.7. The van der Waals surface area contributed by atoms with Crippen molar-refractivity contribution in [3.8, 4) is 5.75 Å². The summed E-state index contributed by atoms with van der Waals surface area (Å²) in [5.41, 5.74) is 1.88. The molecule has 4 rings (SSSR count). The van der Waals surface area contributed by atoms with Crippen LogP contribution in [0.15, 0.2) is 30.6 Å². The maximum absolute atomic E-state index is 13.6. The number of likely N-dealkylation sites (tertiary alicyclic amines) is 1. The summed E-state index contributed by atoms with van der Waals surface area (Å²) in [7, 11) is 0. The number of alkyl halides is 2. The lowest BCUT2D eigenvalue weighted by molar-refractivity contribution is 0.0664. The van der Waals surface area contributed by atoms with Crippen LogP contribution in [0.5, 0.6) is 5.75 Å². The second kappa shape index (κ2) is 9.64. The van der Waals surface area contributed by atoms with Gasteiger partial charge >= 0.3 is 0 Å². The van der Waals surface area contributed by atoms with Crippen LogP contribution in [0, 0.1) is 5.92 Å². The summed E-state index contributed by atoms with van der Waals surface area (Å²) in [6.07, 6.45) is -0.662. The first kappa shape index (κ1) is 24.0. The summed E-state index contributed by atoms with van der Waals surface area (Å²) in [5.74, 6) is 0.955. The third kappa shape index (κ3) is 4.88. The normalized spacial score (nSPS) is 18.9. The molecule has 1 saturated heterocycles. The summed E-state index contributed by atoms with van der Waals surface area (Å²) in [6, 6.07) is 7.09. The van der Waals surface area contributed by atoms with Crippen LogP contribution in [0.3, 0.4) is 0 Å². The van der Waals surface area contributed by atoms with Gasteiger partial charge in [-0.15, -0.1) is 0 Å². The molecule has 34 heavy (non-hydrogen) atoms. The highest BCUT2D eigenvalue weighted by Crippen LogP contribution is 2.35. The fourth-order valence-electron chi connectivity index (χ4n) is 4.47. The van der Waals surface area contributed by atoms with Gasteiger partial charge in [0.25, 0.3) is 18.1 Å². The van der Waals surface area contributed by atoms with Crippen molar-refractivity contribution in [1.29, 1.82) is 0 Å². The Bertz CT molecular complexity index is 1180. The van der Waals surface area contributed by atoms with E-state index in [1.807, 2.05) is 26.0 Å². The van der Waals surface area contributed by atoms with Crippen LogP contribution in [0.25, 0.3) is 5.78 Å². The Labute approximate surface area is 198 Å². The molecule has 2 aromatic heterocycles. The Morgan fingerprint density at radius 3 is 2.59 bits per heavy atom. The molecule has 2 atom stereocenters.